The molecule has 1 aromatic carbocycles. The smallest absolute Gasteiger partial charge is 0.259 e. The lowest BCUT2D eigenvalue weighted by Gasteiger charge is -2.37. The van der Waals surface area contributed by atoms with Gasteiger partial charge in [-0.2, -0.15) is 0 Å². The van der Waals surface area contributed by atoms with Crippen molar-refractivity contribution in [2.75, 3.05) is 47.4 Å². The Morgan fingerprint density at radius 1 is 1.31 bits per heavy atom. The molecular formula is C27H33FN4O4. The normalized spacial score (nSPS) is 18.3. The molecule has 0 unspecified atom stereocenters. The van der Waals surface area contributed by atoms with Gasteiger partial charge in [0.15, 0.2) is 0 Å². The number of hydrogen-bond acceptors (Lipinski definition) is 6. The highest BCUT2D eigenvalue weighted by Crippen LogP contribution is 2.27. The minimum atomic E-state index is -0.488. The summed E-state index contributed by atoms with van der Waals surface area (Å²) >= 11 is 0. The lowest BCUT2D eigenvalue weighted by Crippen LogP contribution is -2.50. The highest BCUT2D eigenvalue weighted by atomic mass is 19.1. The highest BCUT2D eigenvalue weighted by molar-refractivity contribution is 5.97. The van der Waals surface area contributed by atoms with E-state index in [1.54, 1.807) is 31.1 Å². The summed E-state index contributed by atoms with van der Waals surface area (Å²) < 4.78 is 19.5. The van der Waals surface area contributed by atoms with Crippen LogP contribution in [0.1, 0.15) is 40.1 Å². The van der Waals surface area contributed by atoms with E-state index in [0.717, 1.165) is 0 Å². The van der Waals surface area contributed by atoms with Gasteiger partial charge in [0.25, 0.3) is 11.8 Å². The van der Waals surface area contributed by atoms with E-state index in [-0.39, 0.29) is 42.3 Å². The van der Waals surface area contributed by atoms with Crippen molar-refractivity contribution >= 4 is 11.8 Å². The summed E-state index contributed by atoms with van der Waals surface area (Å²) in [5.41, 5.74) is 1.21. The average Bonchev–Trinajstić information content (AvgIpc) is 2.85. The number of carbonyl (C=O) groups is 2. The third-order valence-corrected chi connectivity index (χ3v) is 6.04. The van der Waals surface area contributed by atoms with Crippen molar-refractivity contribution < 1.29 is 23.8 Å². The van der Waals surface area contributed by atoms with Crippen LogP contribution in [-0.4, -0.2) is 96.1 Å². The van der Waals surface area contributed by atoms with E-state index in [0.29, 0.717) is 24.2 Å². The summed E-state index contributed by atoms with van der Waals surface area (Å²) in [7, 11) is 5.48. The van der Waals surface area contributed by atoms with Crippen LogP contribution in [0.15, 0.2) is 36.5 Å². The number of fused-ring (bicyclic) bond motifs is 1. The highest BCUT2D eigenvalue weighted by Gasteiger charge is 2.34. The summed E-state index contributed by atoms with van der Waals surface area (Å²) in [5, 5.41) is 9.81. The monoisotopic (exact) mass is 496 g/mol. The van der Waals surface area contributed by atoms with Crippen molar-refractivity contribution in [3.63, 3.8) is 0 Å². The average molecular weight is 497 g/mol. The SMILES string of the molecule is C[C@H]1CN([C@@H](C)CO)C(=O)c2cc(C#CCN(C)C)cnc2O[C@@H]1CN(C)C(=O)c1ccc(F)cc1. The number of aliphatic hydroxyl groups excluding tert-OH is 1. The van der Waals surface area contributed by atoms with E-state index >= 15 is 0 Å². The van der Waals surface area contributed by atoms with E-state index < -0.39 is 18.0 Å². The fraction of sp³-hybridized carbons (Fsp3) is 0.444. The lowest BCUT2D eigenvalue weighted by atomic mass is 9.99. The molecule has 0 aliphatic carbocycles. The van der Waals surface area contributed by atoms with Crippen LogP contribution in [-0.2, 0) is 0 Å². The van der Waals surface area contributed by atoms with E-state index in [1.807, 2.05) is 25.9 Å². The molecule has 8 nitrogen and oxygen atoms in total. The molecule has 1 aromatic heterocycles. The van der Waals surface area contributed by atoms with Gasteiger partial charge in [-0.15, -0.1) is 0 Å². The standard InChI is InChI=1S/C27H33FN4O4/c1-18-15-32(19(2)17-33)27(35)23-13-20(7-6-12-30(3)4)14-29-25(23)36-24(18)16-31(5)26(34)21-8-10-22(28)11-9-21/h8-11,13-14,18-19,24,33H,12,15-17H2,1-5H3/t18-,19-,24+/m0/s1. The van der Waals surface area contributed by atoms with E-state index in [1.165, 1.54) is 29.2 Å². The van der Waals surface area contributed by atoms with Crippen molar-refractivity contribution in [3.8, 4) is 17.7 Å². The molecule has 3 rings (SSSR count). The van der Waals surface area contributed by atoms with E-state index in [9.17, 15) is 19.1 Å². The first kappa shape index (κ1) is 27.1. The zero-order chi connectivity index (χ0) is 26.4. The van der Waals surface area contributed by atoms with E-state index in [2.05, 4.69) is 16.8 Å². The molecule has 1 N–H and O–H groups in total. The minimum Gasteiger partial charge on any atom is -0.472 e. The predicted octanol–water partition coefficient (Wildman–Crippen LogP) is 2.13. The topological polar surface area (TPSA) is 86.2 Å². The van der Waals surface area contributed by atoms with Crippen LogP contribution in [0.2, 0.25) is 0 Å². The van der Waals surface area contributed by atoms with Crippen molar-refractivity contribution in [3.05, 3.63) is 59.0 Å². The Labute approximate surface area is 211 Å². The fourth-order valence-electron chi connectivity index (χ4n) is 3.85. The molecule has 2 heterocycles. The first-order valence-electron chi connectivity index (χ1n) is 11.8. The predicted molar refractivity (Wildman–Crippen MR) is 134 cm³/mol. The summed E-state index contributed by atoms with van der Waals surface area (Å²) in [5.74, 6) is 5.05. The molecule has 1 aliphatic heterocycles. The second-order valence-corrected chi connectivity index (χ2v) is 9.43. The molecule has 192 valence electrons. The van der Waals surface area contributed by atoms with Gasteiger partial charge in [-0.05, 0) is 51.4 Å². The Kier molecular flexibility index (Phi) is 9.02. The van der Waals surface area contributed by atoms with Gasteiger partial charge in [-0.25, -0.2) is 9.37 Å². The molecule has 0 spiro atoms. The number of aromatic nitrogens is 1. The summed E-state index contributed by atoms with van der Waals surface area (Å²) in [6.45, 7) is 4.61. The molecule has 3 atom stereocenters. The fourth-order valence-corrected chi connectivity index (χ4v) is 3.85. The molecule has 0 bridgehead atoms. The van der Waals surface area contributed by atoms with Crippen LogP contribution in [0, 0.1) is 23.6 Å². The number of amides is 2. The van der Waals surface area contributed by atoms with Crippen LogP contribution in [0.3, 0.4) is 0 Å². The number of hydrogen-bond donors (Lipinski definition) is 1. The molecule has 36 heavy (non-hydrogen) atoms. The first-order valence-corrected chi connectivity index (χ1v) is 11.8. The maximum absolute atomic E-state index is 13.5. The maximum Gasteiger partial charge on any atom is 0.259 e. The number of ether oxygens (including phenoxy) is 1. The summed E-state index contributed by atoms with van der Waals surface area (Å²) in [6, 6.07) is 6.61. The van der Waals surface area contributed by atoms with Crippen LogP contribution in [0.25, 0.3) is 0 Å². The second kappa shape index (κ2) is 12.0. The Balaban J connectivity index is 1.92. The van der Waals surface area contributed by atoms with Crippen LogP contribution in [0.5, 0.6) is 5.88 Å². The van der Waals surface area contributed by atoms with Crippen LogP contribution >= 0.6 is 0 Å². The van der Waals surface area contributed by atoms with Gasteiger partial charge in [-0.3, -0.25) is 14.5 Å². The van der Waals surface area contributed by atoms with Gasteiger partial charge in [0.1, 0.15) is 17.5 Å². The van der Waals surface area contributed by atoms with Gasteiger partial charge in [0.2, 0.25) is 5.88 Å². The second-order valence-electron chi connectivity index (χ2n) is 9.43. The van der Waals surface area contributed by atoms with Crippen molar-refractivity contribution in [2.45, 2.75) is 26.0 Å². The zero-order valence-electron chi connectivity index (χ0n) is 21.4. The molecule has 0 fully saturated rings. The molecule has 1 aliphatic rings. The number of rotatable bonds is 6. The van der Waals surface area contributed by atoms with Gasteiger partial charge in [0, 0.05) is 36.8 Å². The quantitative estimate of drug-likeness (QED) is 0.617. The van der Waals surface area contributed by atoms with Crippen LogP contribution < -0.4 is 4.74 Å². The Morgan fingerprint density at radius 3 is 2.64 bits per heavy atom. The Morgan fingerprint density at radius 2 is 2.00 bits per heavy atom. The molecule has 2 amide bonds. The molecule has 0 radical (unpaired) electrons. The number of aliphatic hydroxyl groups is 1. The number of nitrogens with zero attached hydrogens (tertiary/aromatic N) is 4. The van der Waals surface area contributed by atoms with Crippen molar-refractivity contribution in [1.29, 1.82) is 0 Å². The van der Waals surface area contributed by atoms with Gasteiger partial charge >= 0.3 is 0 Å². The molecular weight excluding hydrogens is 463 g/mol. The third kappa shape index (κ3) is 6.59. The summed E-state index contributed by atoms with van der Waals surface area (Å²) in [4.78, 5) is 35.8. The molecule has 2 aromatic rings. The summed E-state index contributed by atoms with van der Waals surface area (Å²) in [6.07, 6.45) is 1.07. The number of likely N-dealkylation sites (N-methyl/N-ethyl adjacent to an activating group) is 1. The first-order chi connectivity index (χ1) is 17.1. The van der Waals surface area contributed by atoms with Crippen molar-refractivity contribution in [1.82, 2.24) is 19.7 Å². The van der Waals surface area contributed by atoms with E-state index in [4.69, 9.17) is 4.74 Å². The largest absolute Gasteiger partial charge is 0.472 e. The third-order valence-electron chi connectivity index (χ3n) is 6.04. The number of pyridine rings is 1. The van der Waals surface area contributed by atoms with Crippen molar-refractivity contribution in [2.24, 2.45) is 5.92 Å². The van der Waals surface area contributed by atoms with Gasteiger partial charge in [-0.1, -0.05) is 18.8 Å². The molecule has 0 saturated heterocycles. The Hall–Kier alpha value is -3.48. The minimum absolute atomic E-state index is 0.160. The van der Waals surface area contributed by atoms with Gasteiger partial charge < -0.3 is 19.6 Å². The Bertz CT molecular complexity index is 1140. The number of benzene rings is 1. The number of halogens is 1. The lowest BCUT2D eigenvalue weighted by molar-refractivity contribution is 0.0313. The zero-order valence-corrected chi connectivity index (χ0v) is 21.4. The number of carbonyl (C=O) groups excluding carboxylic acids is 2. The van der Waals surface area contributed by atoms with Gasteiger partial charge in [0.05, 0.1) is 25.7 Å². The molecule has 0 saturated carbocycles. The molecule has 9 heteroatoms. The maximum atomic E-state index is 13.5. The van der Waals surface area contributed by atoms with Crippen LogP contribution in [0.4, 0.5) is 4.39 Å².